The molecule has 0 aliphatic carbocycles. The molecular weight excluding hydrogens is 364 g/mol. The summed E-state index contributed by atoms with van der Waals surface area (Å²) < 4.78 is 35.8. The van der Waals surface area contributed by atoms with E-state index in [-0.39, 0.29) is 5.75 Å². The molecule has 1 aromatic carbocycles. The lowest BCUT2D eigenvalue weighted by Gasteiger charge is -2.24. The van der Waals surface area contributed by atoms with Crippen LogP contribution in [0.25, 0.3) is 0 Å². The Kier molecular flexibility index (Phi) is 4.92. The molecule has 0 radical (unpaired) electrons. The van der Waals surface area contributed by atoms with Crippen LogP contribution in [0.1, 0.15) is 18.4 Å². The number of halogens is 3. The van der Waals surface area contributed by atoms with Crippen LogP contribution >= 0.6 is 11.6 Å². The molecular formula is C18H22ClF2N3O2. The van der Waals surface area contributed by atoms with Crippen LogP contribution in [0.5, 0.6) is 5.75 Å². The Hall–Kier alpha value is -1.60. The second kappa shape index (κ2) is 7.19. The van der Waals surface area contributed by atoms with Gasteiger partial charge < -0.3 is 19.7 Å². The highest BCUT2D eigenvalue weighted by Crippen LogP contribution is 2.47. The molecule has 4 unspecified atom stereocenters. The number of rotatable bonds is 4. The van der Waals surface area contributed by atoms with Gasteiger partial charge in [-0.05, 0) is 31.0 Å². The number of nitrogens with one attached hydrogen (secondary N) is 1. The summed E-state index contributed by atoms with van der Waals surface area (Å²) in [6, 6.07) is 4.63. The van der Waals surface area contributed by atoms with Crippen molar-refractivity contribution in [3.05, 3.63) is 28.8 Å². The second-order valence-corrected chi connectivity index (χ2v) is 7.49. The molecule has 3 aliphatic heterocycles. The molecule has 3 saturated heterocycles. The number of alkyl halides is 2. The Morgan fingerprint density at radius 2 is 2.04 bits per heavy atom. The number of fused-ring (bicyclic) bond motifs is 5. The van der Waals surface area contributed by atoms with Crippen molar-refractivity contribution in [3.8, 4) is 5.75 Å². The number of benzene rings is 1. The van der Waals surface area contributed by atoms with Gasteiger partial charge >= 0.3 is 6.61 Å². The fraction of sp³-hybridized carbons (Fsp3) is 0.611. The van der Waals surface area contributed by atoms with Gasteiger partial charge in [-0.1, -0.05) is 11.6 Å². The van der Waals surface area contributed by atoms with Gasteiger partial charge in [0.05, 0.1) is 12.2 Å². The summed E-state index contributed by atoms with van der Waals surface area (Å²) in [5, 5.41) is 3.73. The van der Waals surface area contributed by atoms with E-state index in [4.69, 9.17) is 16.3 Å². The Morgan fingerprint density at radius 1 is 1.35 bits per heavy atom. The summed E-state index contributed by atoms with van der Waals surface area (Å²) in [6.07, 6.45) is 3.07. The third-order valence-electron chi connectivity index (χ3n) is 5.64. The number of guanidine groups is 1. The van der Waals surface area contributed by atoms with Crippen molar-refractivity contribution in [3.63, 3.8) is 0 Å². The van der Waals surface area contributed by atoms with E-state index >= 15 is 0 Å². The van der Waals surface area contributed by atoms with E-state index in [0.717, 1.165) is 31.9 Å². The van der Waals surface area contributed by atoms with Crippen molar-refractivity contribution in [2.24, 2.45) is 16.8 Å². The lowest BCUT2D eigenvalue weighted by molar-refractivity contribution is -0.0504. The van der Waals surface area contributed by atoms with Gasteiger partial charge in [0.1, 0.15) is 5.75 Å². The van der Waals surface area contributed by atoms with Gasteiger partial charge in [0, 0.05) is 49.1 Å². The normalized spacial score (nSPS) is 30.2. The lowest BCUT2D eigenvalue weighted by Crippen LogP contribution is -2.41. The van der Waals surface area contributed by atoms with Crippen LogP contribution in [0.15, 0.2) is 23.2 Å². The average Bonchev–Trinajstić information content (AvgIpc) is 3.30. The van der Waals surface area contributed by atoms with Crippen molar-refractivity contribution >= 4 is 17.6 Å². The molecule has 0 aromatic heterocycles. The molecule has 142 valence electrons. The highest BCUT2D eigenvalue weighted by atomic mass is 35.5. The fourth-order valence-corrected chi connectivity index (χ4v) is 4.73. The number of likely N-dealkylation sites (tertiary alicyclic amines) is 1. The minimum Gasteiger partial charge on any atom is -0.434 e. The molecule has 5 nitrogen and oxygen atoms in total. The number of nitrogens with zero attached hydrogens (tertiary/aromatic N) is 2. The summed E-state index contributed by atoms with van der Waals surface area (Å²) in [4.78, 5) is 6.60. The van der Waals surface area contributed by atoms with Crippen molar-refractivity contribution in [1.82, 2.24) is 10.2 Å². The van der Waals surface area contributed by atoms with Gasteiger partial charge in [0.25, 0.3) is 0 Å². The highest BCUT2D eigenvalue weighted by Gasteiger charge is 2.53. The molecule has 3 fully saturated rings. The molecule has 4 atom stereocenters. The Morgan fingerprint density at radius 3 is 2.65 bits per heavy atom. The number of ether oxygens (including phenoxy) is 2. The first kappa shape index (κ1) is 17.8. The maximum absolute atomic E-state index is 12.6. The Balaban J connectivity index is 1.42. The molecule has 1 N–H and O–H groups in total. The zero-order valence-corrected chi connectivity index (χ0v) is 15.3. The lowest BCUT2D eigenvalue weighted by atomic mass is 9.82. The van der Waals surface area contributed by atoms with Crippen LogP contribution in [0.2, 0.25) is 5.02 Å². The summed E-state index contributed by atoms with van der Waals surface area (Å²) in [6.45, 7) is -0.726. The van der Waals surface area contributed by atoms with Gasteiger partial charge in [0.2, 0.25) is 0 Å². The minimum atomic E-state index is -2.87. The SMILES string of the molecule is CN=C(NCc1cc(Cl)ccc1OC(F)F)N1CC2C3CCC(O3)C2C1. The van der Waals surface area contributed by atoms with Crippen molar-refractivity contribution in [2.45, 2.75) is 38.2 Å². The van der Waals surface area contributed by atoms with Crippen LogP contribution in [-0.2, 0) is 11.3 Å². The summed E-state index contributed by atoms with van der Waals surface area (Å²) in [7, 11) is 1.73. The molecule has 8 heteroatoms. The van der Waals surface area contributed by atoms with Gasteiger partial charge in [-0.25, -0.2) is 0 Å². The van der Waals surface area contributed by atoms with Crippen molar-refractivity contribution in [2.75, 3.05) is 20.1 Å². The molecule has 3 aliphatic rings. The van der Waals surface area contributed by atoms with Gasteiger partial charge in [0.15, 0.2) is 5.96 Å². The van der Waals surface area contributed by atoms with Crippen LogP contribution in [0.3, 0.4) is 0 Å². The van der Waals surface area contributed by atoms with E-state index in [0.29, 0.717) is 41.2 Å². The first-order chi connectivity index (χ1) is 12.5. The van der Waals surface area contributed by atoms with Crippen LogP contribution < -0.4 is 10.1 Å². The maximum Gasteiger partial charge on any atom is 0.387 e. The third kappa shape index (κ3) is 3.34. The average molecular weight is 386 g/mol. The third-order valence-corrected chi connectivity index (χ3v) is 5.87. The molecule has 2 bridgehead atoms. The zero-order valence-electron chi connectivity index (χ0n) is 14.5. The summed E-state index contributed by atoms with van der Waals surface area (Å²) >= 11 is 6.01. The van der Waals surface area contributed by atoms with E-state index in [1.54, 1.807) is 13.1 Å². The quantitative estimate of drug-likeness (QED) is 0.639. The molecule has 0 spiro atoms. The van der Waals surface area contributed by atoms with Gasteiger partial charge in [-0.3, -0.25) is 4.99 Å². The van der Waals surface area contributed by atoms with Crippen molar-refractivity contribution < 1.29 is 18.3 Å². The van der Waals surface area contributed by atoms with Gasteiger partial charge in [-0.15, -0.1) is 0 Å². The Labute approximate surface area is 156 Å². The predicted octanol–water partition coefficient (Wildman–Crippen LogP) is 3.13. The predicted molar refractivity (Wildman–Crippen MR) is 94.7 cm³/mol. The van der Waals surface area contributed by atoms with Crippen LogP contribution in [0.4, 0.5) is 8.78 Å². The second-order valence-electron chi connectivity index (χ2n) is 7.05. The Bertz CT molecular complexity index is 685. The molecule has 1 aromatic rings. The first-order valence-corrected chi connectivity index (χ1v) is 9.27. The van der Waals surface area contributed by atoms with E-state index in [1.165, 1.54) is 12.1 Å². The van der Waals surface area contributed by atoms with Crippen LogP contribution in [0, 0.1) is 11.8 Å². The molecule has 26 heavy (non-hydrogen) atoms. The smallest absolute Gasteiger partial charge is 0.387 e. The standard InChI is InChI=1S/C18H22ClF2N3O2/c1-22-18(24-8-12-13(9-24)16-5-4-15(12)25-16)23-7-10-6-11(19)2-3-14(10)26-17(20)21/h2-3,6,12-13,15-17H,4-5,7-9H2,1H3,(H,22,23). The largest absolute Gasteiger partial charge is 0.434 e. The van der Waals surface area contributed by atoms with E-state index < -0.39 is 6.61 Å². The molecule has 3 heterocycles. The topological polar surface area (TPSA) is 46.1 Å². The van der Waals surface area contributed by atoms with E-state index in [2.05, 4.69) is 19.9 Å². The van der Waals surface area contributed by atoms with Crippen molar-refractivity contribution in [1.29, 1.82) is 0 Å². The monoisotopic (exact) mass is 385 g/mol. The number of aliphatic imine (C=N–C) groups is 1. The number of hydrogen-bond donors (Lipinski definition) is 1. The zero-order chi connectivity index (χ0) is 18.3. The number of hydrogen-bond acceptors (Lipinski definition) is 3. The summed E-state index contributed by atoms with van der Waals surface area (Å²) in [5.41, 5.74) is 0.571. The molecule has 0 saturated carbocycles. The fourth-order valence-electron chi connectivity index (χ4n) is 4.54. The van der Waals surface area contributed by atoms with Gasteiger partial charge in [-0.2, -0.15) is 8.78 Å². The maximum atomic E-state index is 12.6. The highest BCUT2D eigenvalue weighted by molar-refractivity contribution is 6.30. The van der Waals surface area contributed by atoms with E-state index in [1.807, 2.05) is 0 Å². The molecule has 0 amide bonds. The van der Waals surface area contributed by atoms with E-state index in [9.17, 15) is 8.78 Å². The summed E-state index contributed by atoms with van der Waals surface area (Å²) in [5.74, 6) is 2.02. The molecule has 4 rings (SSSR count). The minimum absolute atomic E-state index is 0.122. The first-order valence-electron chi connectivity index (χ1n) is 8.89. The van der Waals surface area contributed by atoms with Crippen LogP contribution in [-0.4, -0.2) is 49.8 Å².